The van der Waals surface area contributed by atoms with Gasteiger partial charge in [-0.05, 0) is 0 Å². The Kier molecular flexibility index (Phi) is 3.35. The Labute approximate surface area is 79.6 Å². The zero-order chi connectivity index (χ0) is 10.6. The van der Waals surface area contributed by atoms with E-state index in [9.17, 15) is 9.59 Å². The van der Waals surface area contributed by atoms with Crippen molar-refractivity contribution in [2.45, 2.75) is 6.42 Å². The van der Waals surface area contributed by atoms with Crippen LogP contribution >= 0.6 is 0 Å². The van der Waals surface area contributed by atoms with Gasteiger partial charge in [0.05, 0.1) is 6.61 Å². The van der Waals surface area contributed by atoms with Gasteiger partial charge < -0.3 is 14.8 Å². The number of methoxy groups -OCH3 is 1. The summed E-state index contributed by atoms with van der Waals surface area (Å²) in [5.41, 5.74) is -0.719. The number of aromatic amines is 1. The molecule has 1 aromatic rings. The number of nitrogens with one attached hydrogen (secondary N) is 1. The number of carboxylic acid groups (broad SMARTS) is 1. The largest absolute Gasteiger partial charge is 0.477 e. The lowest BCUT2D eigenvalue weighted by atomic mass is 10.3. The summed E-state index contributed by atoms with van der Waals surface area (Å²) in [6.07, 6.45) is 0.382. The number of hydrogen-bond acceptors (Lipinski definition) is 4. The highest BCUT2D eigenvalue weighted by Gasteiger charge is 2.07. The maximum Gasteiger partial charge on any atom is 0.354 e. The number of ether oxygens (including phenoxy) is 1. The molecule has 0 spiro atoms. The van der Waals surface area contributed by atoms with Crippen LogP contribution in [0.15, 0.2) is 10.9 Å². The summed E-state index contributed by atoms with van der Waals surface area (Å²) >= 11 is 0. The molecule has 1 aromatic heterocycles. The molecule has 0 aliphatic carbocycles. The molecule has 0 aliphatic rings. The first-order chi connectivity index (χ1) is 6.63. The average molecular weight is 198 g/mol. The zero-order valence-corrected chi connectivity index (χ0v) is 7.61. The summed E-state index contributed by atoms with van der Waals surface area (Å²) in [6.45, 7) is 0.381. The fourth-order valence-corrected chi connectivity index (χ4v) is 0.935. The Morgan fingerprint density at radius 2 is 2.43 bits per heavy atom. The highest BCUT2D eigenvalue weighted by Crippen LogP contribution is 1.93. The number of rotatable bonds is 4. The molecule has 6 nitrogen and oxygen atoms in total. The first-order valence-electron chi connectivity index (χ1n) is 3.96. The zero-order valence-electron chi connectivity index (χ0n) is 7.61. The summed E-state index contributed by atoms with van der Waals surface area (Å²) in [5.74, 6) is -0.897. The first-order valence-corrected chi connectivity index (χ1v) is 3.96. The monoisotopic (exact) mass is 198 g/mol. The van der Waals surface area contributed by atoms with Gasteiger partial charge in [0, 0.05) is 19.6 Å². The minimum atomic E-state index is -1.21. The minimum absolute atomic E-state index is 0.250. The molecule has 0 bridgehead atoms. The molecule has 0 radical (unpaired) electrons. The van der Waals surface area contributed by atoms with E-state index in [0.29, 0.717) is 18.9 Å². The summed E-state index contributed by atoms with van der Waals surface area (Å²) in [7, 11) is 1.51. The van der Waals surface area contributed by atoms with Gasteiger partial charge in [0.2, 0.25) is 0 Å². The quantitative estimate of drug-likeness (QED) is 0.690. The SMILES string of the molecule is COCCc1nc(C(=O)O)cc(=O)[nH]1. The molecule has 0 saturated carbocycles. The third kappa shape index (κ3) is 2.67. The smallest absolute Gasteiger partial charge is 0.354 e. The van der Waals surface area contributed by atoms with Crippen LogP contribution in [0.2, 0.25) is 0 Å². The predicted octanol–water partition coefficient (Wildman–Crippen LogP) is -0.343. The summed E-state index contributed by atoms with van der Waals surface area (Å²) in [4.78, 5) is 27.7. The van der Waals surface area contributed by atoms with Crippen molar-refractivity contribution < 1.29 is 14.6 Å². The molecule has 1 heterocycles. The van der Waals surface area contributed by atoms with E-state index < -0.39 is 11.5 Å². The van der Waals surface area contributed by atoms with Gasteiger partial charge in [-0.25, -0.2) is 9.78 Å². The van der Waals surface area contributed by atoms with Gasteiger partial charge in [-0.2, -0.15) is 0 Å². The Bertz CT molecular complexity index is 385. The fourth-order valence-electron chi connectivity index (χ4n) is 0.935. The maximum atomic E-state index is 11.0. The summed E-state index contributed by atoms with van der Waals surface area (Å²) in [5, 5.41) is 8.61. The van der Waals surface area contributed by atoms with Gasteiger partial charge >= 0.3 is 5.97 Å². The normalized spacial score (nSPS) is 10.1. The number of hydrogen-bond donors (Lipinski definition) is 2. The van der Waals surface area contributed by atoms with E-state index in [1.165, 1.54) is 7.11 Å². The second kappa shape index (κ2) is 4.52. The van der Waals surface area contributed by atoms with Crippen LogP contribution in [0.25, 0.3) is 0 Å². The number of carboxylic acids is 1. The van der Waals surface area contributed by atoms with E-state index in [4.69, 9.17) is 9.84 Å². The predicted molar refractivity (Wildman–Crippen MR) is 47.4 cm³/mol. The van der Waals surface area contributed by atoms with Crippen LogP contribution in [0.5, 0.6) is 0 Å². The Balaban J connectivity index is 2.95. The van der Waals surface area contributed by atoms with E-state index >= 15 is 0 Å². The molecule has 0 aromatic carbocycles. The van der Waals surface area contributed by atoms with Gasteiger partial charge in [-0.3, -0.25) is 4.79 Å². The van der Waals surface area contributed by atoms with Crippen LogP contribution < -0.4 is 5.56 Å². The van der Waals surface area contributed by atoms with Gasteiger partial charge in [0.15, 0.2) is 5.69 Å². The summed E-state index contributed by atoms with van der Waals surface area (Å²) < 4.78 is 4.78. The molecule has 0 saturated heterocycles. The molecule has 6 heteroatoms. The highest BCUT2D eigenvalue weighted by molar-refractivity contribution is 5.85. The van der Waals surface area contributed by atoms with Gasteiger partial charge in [0.25, 0.3) is 5.56 Å². The second-order valence-electron chi connectivity index (χ2n) is 2.63. The molecule has 0 atom stereocenters. The van der Waals surface area contributed by atoms with Crippen LogP contribution in [0.3, 0.4) is 0 Å². The molecular weight excluding hydrogens is 188 g/mol. The number of H-pyrrole nitrogens is 1. The topological polar surface area (TPSA) is 92.3 Å². The lowest BCUT2D eigenvalue weighted by Gasteiger charge is -2.00. The molecule has 0 fully saturated rings. The van der Waals surface area contributed by atoms with Crippen LogP contribution in [0, 0.1) is 0 Å². The number of aromatic carboxylic acids is 1. The van der Waals surface area contributed by atoms with Crippen LogP contribution in [0.1, 0.15) is 16.3 Å². The lowest BCUT2D eigenvalue weighted by molar-refractivity contribution is 0.0689. The molecule has 0 amide bonds. The average Bonchev–Trinajstić information content (AvgIpc) is 2.14. The molecular formula is C8H10N2O4. The van der Waals surface area contributed by atoms with Crippen molar-refractivity contribution in [3.05, 3.63) is 27.9 Å². The Morgan fingerprint density at radius 1 is 1.71 bits per heavy atom. The van der Waals surface area contributed by atoms with E-state index in [-0.39, 0.29) is 5.69 Å². The molecule has 2 N–H and O–H groups in total. The van der Waals surface area contributed by atoms with Crippen LogP contribution in [0.4, 0.5) is 0 Å². The van der Waals surface area contributed by atoms with E-state index in [1.54, 1.807) is 0 Å². The standard InChI is InChI=1S/C8H10N2O4/c1-14-3-2-6-9-5(8(12)13)4-7(11)10-6/h4H,2-3H2,1H3,(H,12,13)(H,9,10,11). The van der Waals surface area contributed by atoms with Crippen LogP contribution in [-0.4, -0.2) is 34.8 Å². The molecule has 14 heavy (non-hydrogen) atoms. The summed E-state index contributed by atoms with van der Waals surface area (Å²) in [6, 6.07) is 0.943. The second-order valence-corrected chi connectivity index (χ2v) is 2.63. The van der Waals surface area contributed by atoms with Crippen molar-refractivity contribution in [3.63, 3.8) is 0 Å². The van der Waals surface area contributed by atoms with Gasteiger partial charge in [-0.1, -0.05) is 0 Å². The highest BCUT2D eigenvalue weighted by atomic mass is 16.5. The molecule has 76 valence electrons. The molecule has 0 unspecified atom stereocenters. The van der Waals surface area contributed by atoms with Crippen molar-refractivity contribution in [1.82, 2.24) is 9.97 Å². The van der Waals surface area contributed by atoms with Crippen molar-refractivity contribution in [3.8, 4) is 0 Å². The number of carbonyl (C=O) groups is 1. The number of aromatic nitrogens is 2. The lowest BCUT2D eigenvalue weighted by Crippen LogP contribution is -2.16. The van der Waals surface area contributed by atoms with E-state index in [0.717, 1.165) is 6.07 Å². The van der Waals surface area contributed by atoms with Crippen molar-refractivity contribution >= 4 is 5.97 Å². The van der Waals surface area contributed by atoms with Gasteiger partial charge in [0.1, 0.15) is 5.82 Å². The van der Waals surface area contributed by atoms with Crippen LogP contribution in [-0.2, 0) is 11.2 Å². The third-order valence-corrected chi connectivity index (χ3v) is 1.55. The van der Waals surface area contributed by atoms with Gasteiger partial charge in [-0.15, -0.1) is 0 Å². The molecule has 1 rings (SSSR count). The van der Waals surface area contributed by atoms with Crippen molar-refractivity contribution in [1.29, 1.82) is 0 Å². The van der Waals surface area contributed by atoms with Crippen molar-refractivity contribution in [2.24, 2.45) is 0 Å². The van der Waals surface area contributed by atoms with E-state index in [2.05, 4.69) is 9.97 Å². The molecule has 0 aliphatic heterocycles. The Hall–Kier alpha value is -1.69. The van der Waals surface area contributed by atoms with Crippen molar-refractivity contribution in [2.75, 3.05) is 13.7 Å². The minimum Gasteiger partial charge on any atom is -0.477 e. The maximum absolute atomic E-state index is 11.0. The Morgan fingerprint density at radius 3 is 3.00 bits per heavy atom. The number of nitrogens with zero attached hydrogens (tertiary/aromatic N) is 1. The van der Waals surface area contributed by atoms with E-state index in [1.807, 2.05) is 0 Å². The third-order valence-electron chi connectivity index (χ3n) is 1.55. The fraction of sp³-hybridized carbons (Fsp3) is 0.375. The first kappa shape index (κ1) is 10.4.